The molecule has 1 heterocycles. The van der Waals surface area contributed by atoms with E-state index < -0.39 is 4.92 Å². The van der Waals surface area contributed by atoms with Crippen LogP contribution in [-0.2, 0) is 11.4 Å². The van der Waals surface area contributed by atoms with E-state index in [4.69, 9.17) is 16.3 Å². The van der Waals surface area contributed by atoms with Crippen molar-refractivity contribution in [1.82, 2.24) is 14.8 Å². The number of nitro groups is 1. The molecule has 35 heavy (non-hydrogen) atoms. The summed E-state index contributed by atoms with van der Waals surface area (Å²) in [6.07, 6.45) is 0.134. The van der Waals surface area contributed by atoms with Crippen LogP contribution in [0.5, 0.6) is 5.75 Å². The van der Waals surface area contributed by atoms with Crippen LogP contribution in [0.4, 0.5) is 11.4 Å². The van der Waals surface area contributed by atoms with E-state index in [1.807, 2.05) is 34.9 Å². The van der Waals surface area contributed by atoms with Gasteiger partial charge in [0.05, 0.1) is 4.92 Å². The predicted molar refractivity (Wildman–Crippen MR) is 134 cm³/mol. The highest BCUT2D eigenvalue weighted by Crippen LogP contribution is 2.26. The van der Waals surface area contributed by atoms with E-state index in [1.165, 1.54) is 23.9 Å². The molecule has 4 rings (SSSR count). The van der Waals surface area contributed by atoms with Gasteiger partial charge in [0.15, 0.2) is 11.0 Å². The lowest BCUT2D eigenvalue weighted by Gasteiger charge is -2.11. The van der Waals surface area contributed by atoms with Gasteiger partial charge in [-0.15, -0.1) is 10.2 Å². The van der Waals surface area contributed by atoms with Crippen LogP contribution in [0.15, 0.2) is 84.0 Å². The van der Waals surface area contributed by atoms with Crippen LogP contribution in [0.2, 0.25) is 5.02 Å². The first-order valence-corrected chi connectivity index (χ1v) is 11.9. The van der Waals surface area contributed by atoms with Gasteiger partial charge in [0.2, 0.25) is 5.91 Å². The number of para-hydroxylation sites is 3. The maximum atomic E-state index is 12.4. The third-order valence-corrected chi connectivity index (χ3v) is 6.01. The van der Waals surface area contributed by atoms with E-state index in [0.717, 1.165) is 5.69 Å². The Morgan fingerprint density at radius 1 is 1.03 bits per heavy atom. The monoisotopic (exact) mass is 509 g/mol. The van der Waals surface area contributed by atoms with E-state index in [2.05, 4.69) is 15.5 Å². The third-order valence-electron chi connectivity index (χ3n) is 4.83. The van der Waals surface area contributed by atoms with Gasteiger partial charge in [-0.05, 0) is 42.5 Å². The highest BCUT2D eigenvalue weighted by molar-refractivity contribution is 7.99. The number of hydrogen-bond donors (Lipinski definition) is 1. The fourth-order valence-corrected chi connectivity index (χ4v) is 4.22. The molecule has 0 aliphatic heterocycles. The van der Waals surface area contributed by atoms with Crippen LogP contribution in [0.1, 0.15) is 12.2 Å². The molecular weight excluding hydrogens is 490 g/mol. The molecule has 1 aromatic heterocycles. The number of aromatic nitrogens is 3. The highest BCUT2D eigenvalue weighted by atomic mass is 35.5. The largest absolute Gasteiger partial charge is 0.486 e. The van der Waals surface area contributed by atoms with Crippen LogP contribution in [0, 0.1) is 10.1 Å². The Hall–Kier alpha value is -3.89. The van der Waals surface area contributed by atoms with Crippen LogP contribution in [-0.4, -0.2) is 31.3 Å². The summed E-state index contributed by atoms with van der Waals surface area (Å²) in [5, 5.41) is 23.6. The molecule has 11 heteroatoms. The fraction of sp³-hybridized carbons (Fsp3) is 0.125. The molecule has 1 N–H and O–H groups in total. The summed E-state index contributed by atoms with van der Waals surface area (Å²) < 4.78 is 7.73. The molecule has 0 radical (unpaired) electrons. The van der Waals surface area contributed by atoms with Gasteiger partial charge in [-0.25, -0.2) is 0 Å². The minimum atomic E-state index is -0.527. The van der Waals surface area contributed by atoms with E-state index in [9.17, 15) is 14.9 Å². The number of ether oxygens (including phenoxy) is 1. The zero-order valence-electron chi connectivity index (χ0n) is 18.3. The van der Waals surface area contributed by atoms with Crippen molar-refractivity contribution in [2.75, 3.05) is 11.1 Å². The Morgan fingerprint density at radius 3 is 2.49 bits per heavy atom. The van der Waals surface area contributed by atoms with Crippen molar-refractivity contribution >= 4 is 40.6 Å². The van der Waals surface area contributed by atoms with Gasteiger partial charge >= 0.3 is 0 Å². The Morgan fingerprint density at radius 2 is 1.74 bits per heavy atom. The number of benzene rings is 3. The summed E-state index contributed by atoms with van der Waals surface area (Å²) in [6, 6.07) is 22.7. The molecular formula is C24H20ClN5O4S. The standard InChI is InChI=1S/C24H20ClN5O4S/c25-17-10-12-19(13-11-17)34-16-22-27-28-24(29(22)18-6-2-1-3-7-18)35-15-14-23(31)26-20-8-4-5-9-21(20)30(32)33/h1-13H,14-16H2,(H,26,31). The number of nitrogens with one attached hydrogen (secondary N) is 1. The second-order valence-corrected chi connectivity index (χ2v) is 8.73. The van der Waals surface area contributed by atoms with Gasteiger partial charge < -0.3 is 10.1 Å². The van der Waals surface area contributed by atoms with Gasteiger partial charge in [-0.2, -0.15) is 0 Å². The number of halogens is 1. The normalized spacial score (nSPS) is 10.7. The molecule has 0 atom stereocenters. The number of nitrogens with zero attached hydrogens (tertiary/aromatic N) is 4. The first kappa shape index (κ1) is 24.2. The maximum absolute atomic E-state index is 12.4. The van der Waals surface area contributed by atoms with Crippen LogP contribution in [0.25, 0.3) is 5.69 Å². The summed E-state index contributed by atoms with van der Waals surface area (Å²) in [5.41, 5.74) is 0.878. The van der Waals surface area contributed by atoms with E-state index in [-0.39, 0.29) is 30.3 Å². The molecule has 0 unspecified atom stereocenters. The number of carbonyl (C=O) groups excluding carboxylic acids is 1. The molecule has 0 saturated carbocycles. The van der Waals surface area contributed by atoms with Crippen LogP contribution >= 0.6 is 23.4 Å². The molecule has 0 aliphatic rings. The van der Waals surface area contributed by atoms with Gasteiger partial charge in [0.25, 0.3) is 5.69 Å². The SMILES string of the molecule is O=C(CCSc1nnc(COc2ccc(Cl)cc2)n1-c1ccccc1)Nc1ccccc1[N+](=O)[O-]. The summed E-state index contributed by atoms with van der Waals surface area (Å²) in [6.45, 7) is 0.183. The minimum absolute atomic E-state index is 0.134. The Bertz CT molecular complexity index is 1320. The molecule has 9 nitrogen and oxygen atoms in total. The number of rotatable bonds is 10. The van der Waals surface area contributed by atoms with Crippen molar-refractivity contribution in [3.8, 4) is 11.4 Å². The molecule has 4 aromatic rings. The van der Waals surface area contributed by atoms with E-state index in [0.29, 0.717) is 27.5 Å². The lowest BCUT2D eigenvalue weighted by molar-refractivity contribution is -0.383. The van der Waals surface area contributed by atoms with Gasteiger partial charge in [0.1, 0.15) is 18.0 Å². The Kier molecular flexibility index (Phi) is 7.96. The van der Waals surface area contributed by atoms with E-state index in [1.54, 1.807) is 36.4 Å². The van der Waals surface area contributed by atoms with Gasteiger partial charge in [-0.3, -0.25) is 19.5 Å². The van der Waals surface area contributed by atoms with E-state index >= 15 is 0 Å². The summed E-state index contributed by atoms with van der Waals surface area (Å²) in [4.78, 5) is 23.0. The van der Waals surface area contributed by atoms with Crippen molar-refractivity contribution in [3.63, 3.8) is 0 Å². The molecule has 1 amide bonds. The summed E-state index contributed by atoms with van der Waals surface area (Å²) in [5.74, 6) is 1.31. The quantitative estimate of drug-likeness (QED) is 0.170. The van der Waals surface area contributed by atoms with Crippen molar-refractivity contribution < 1.29 is 14.5 Å². The molecule has 3 aromatic carbocycles. The van der Waals surface area contributed by atoms with Crippen molar-refractivity contribution in [2.45, 2.75) is 18.2 Å². The van der Waals surface area contributed by atoms with Crippen molar-refractivity contribution in [2.24, 2.45) is 0 Å². The first-order chi connectivity index (χ1) is 17.0. The van der Waals surface area contributed by atoms with Gasteiger partial charge in [0, 0.05) is 29.0 Å². The zero-order valence-corrected chi connectivity index (χ0v) is 19.9. The molecule has 0 spiro atoms. The lowest BCUT2D eigenvalue weighted by Crippen LogP contribution is -2.13. The number of hydrogen-bond acceptors (Lipinski definition) is 7. The highest BCUT2D eigenvalue weighted by Gasteiger charge is 2.17. The smallest absolute Gasteiger partial charge is 0.292 e. The summed E-state index contributed by atoms with van der Waals surface area (Å²) in [7, 11) is 0. The lowest BCUT2D eigenvalue weighted by atomic mass is 10.2. The number of anilines is 1. The minimum Gasteiger partial charge on any atom is -0.486 e. The molecule has 0 fully saturated rings. The average molecular weight is 510 g/mol. The number of carbonyl (C=O) groups is 1. The molecule has 178 valence electrons. The van der Waals surface area contributed by atoms with Crippen molar-refractivity contribution in [1.29, 1.82) is 0 Å². The second-order valence-electron chi connectivity index (χ2n) is 7.23. The summed E-state index contributed by atoms with van der Waals surface area (Å²) >= 11 is 7.29. The molecule has 0 bridgehead atoms. The van der Waals surface area contributed by atoms with Crippen LogP contribution < -0.4 is 10.1 Å². The number of nitro benzene ring substituents is 1. The average Bonchev–Trinajstić information content (AvgIpc) is 3.27. The number of amides is 1. The molecule has 0 saturated heterocycles. The fourth-order valence-electron chi connectivity index (χ4n) is 3.19. The predicted octanol–water partition coefficient (Wildman–Crippen LogP) is 5.53. The second kappa shape index (κ2) is 11.5. The van der Waals surface area contributed by atoms with Crippen molar-refractivity contribution in [3.05, 3.63) is 99.8 Å². The first-order valence-electron chi connectivity index (χ1n) is 10.6. The third kappa shape index (κ3) is 6.37. The zero-order chi connectivity index (χ0) is 24.6. The maximum Gasteiger partial charge on any atom is 0.292 e. The van der Waals surface area contributed by atoms with Crippen LogP contribution in [0.3, 0.4) is 0 Å². The Balaban J connectivity index is 1.43. The molecule has 0 aliphatic carbocycles. The number of thioether (sulfide) groups is 1. The topological polar surface area (TPSA) is 112 Å². The Labute approximate surface area is 210 Å². The van der Waals surface area contributed by atoms with Gasteiger partial charge in [-0.1, -0.05) is 53.7 Å².